The van der Waals surface area contributed by atoms with Crippen molar-refractivity contribution in [2.75, 3.05) is 6.61 Å². The molecule has 0 saturated heterocycles. The second-order valence-corrected chi connectivity index (χ2v) is 8.00. The lowest BCUT2D eigenvalue weighted by atomic mass is 10.2. The number of amides is 1. The largest absolute Gasteiger partial charge is 0.494 e. The highest BCUT2D eigenvalue weighted by molar-refractivity contribution is 8.00. The molecule has 1 amide bonds. The number of carbonyl (C=O) groups excluding carboxylic acids is 1. The Kier molecular flexibility index (Phi) is 4.64. The smallest absolute Gasteiger partial charge is 0.268 e. The van der Waals surface area contributed by atoms with Crippen molar-refractivity contribution in [3.05, 3.63) is 59.8 Å². The first-order valence-corrected chi connectivity index (χ1v) is 9.82. The summed E-state index contributed by atoms with van der Waals surface area (Å²) in [6.07, 6.45) is 0. The quantitative estimate of drug-likeness (QED) is 0.725. The van der Waals surface area contributed by atoms with E-state index in [0.717, 1.165) is 28.9 Å². The van der Waals surface area contributed by atoms with E-state index < -0.39 is 0 Å². The molecule has 1 aliphatic rings. The number of hydrogen-bond acceptors (Lipinski definition) is 3. The summed E-state index contributed by atoms with van der Waals surface area (Å²) >= 11 is 1.88. The molecule has 4 nitrogen and oxygen atoms in total. The van der Waals surface area contributed by atoms with E-state index in [-0.39, 0.29) is 5.91 Å². The molecule has 3 aromatic rings. The van der Waals surface area contributed by atoms with Crippen LogP contribution < -0.4 is 10.1 Å². The van der Waals surface area contributed by atoms with Gasteiger partial charge >= 0.3 is 0 Å². The second kappa shape index (κ2) is 7.08. The first kappa shape index (κ1) is 17.0. The molecule has 0 aliphatic carbocycles. The van der Waals surface area contributed by atoms with Crippen molar-refractivity contribution in [3.63, 3.8) is 0 Å². The number of ether oxygens (including phenoxy) is 1. The molecule has 0 fully saturated rings. The summed E-state index contributed by atoms with van der Waals surface area (Å²) in [4.78, 5) is 14.1. The summed E-state index contributed by atoms with van der Waals surface area (Å²) in [6, 6.07) is 16.1. The van der Waals surface area contributed by atoms with E-state index in [9.17, 15) is 4.79 Å². The molecule has 0 saturated carbocycles. The predicted octanol–water partition coefficient (Wildman–Crippen LogP) is 4.46. The zero-order valence-electron chi connectivity index (χ0n) is 15.0. The van der Waals surface area contributed by atoms with Gasteiger partial charge in [0.2, 0.25) is 0 Å². The van der Waals surface area contributed by atoms with Gasteiger partial charge in [0, 0.05) is 28.6 Å². The minimum Gasteiger partial charge on any atom is -0.494 e. The van der Waals surface area contributed by atoms with Crippen LogP contribution in [0.1, 0.15) is 29.9 Å². The van der Waals surface area contributed by atoms with Crippen LogP contribution >= 0.6 is 11.8 Å². The molecule has 0 radical (unpaired) electrons. The topological polar surface area (TPSA) is 43.3 Å². The molecule has 2 aromatic carbocycles. The third-order valence-electron chi connectivity index (χ3n) is 4.57. The lowest BCUT2D eigenvalue weighted by Gasteiger charge is -2.22. The molecule has 1 atom stereocenters. The van der Waals surface area contributed by atoms with Crippen LogP contribution in [0.3, 0.4) is 0 Å². The van der Waals surface area contributed by atoms with Gasteiger partial charge in [-0.1, -0.05) is 31.2 Å². The van der Waals surface area contributed by atoms with Crippen molar-refractivity contribution < 1.29 is 9.53 Å². The van der Waals surface area contributed by atoms with Crippen molar-refractivity contribution in [2.24, 2.45) is 0 Å². The molecule has 0 spiro atoms. The molecule has 5 heteroatoms. The zero-order chi connectivity index (χ0) is 18.1. The molecule has 2 heterocycles. The maximum atomic E-state index is 12.8. The van der Waals surface area contributed by atoms with Gasteiger partial charge in [0.25, 0.3) is 5.91 Å². The Morgan fingerprint density at radius 2 is 2.08 bits per heavy atom. The average molecular weight is 366 g/mol. The van der Waals surface area contributed by atoms with Gasteiger partial charge in [0.15, 0.2) is 0 Å². The van der Waals surface area contributed by atoms with Crippen LogP contribution in [-0.2, 0) is 13.1 Å². The molecule has 0 unspecified atom stereocenters. The molecule has 1 aromatic heterocycles. The Labute approximate surface area is 157 Å². The Hall–Kier alpha value is -2.40. The van der Waals surface area contributed by atoms with Gasteiger partial charge in [-0.25, -0.2) is 0 Å². The number of hydrogen-bond donors (Lipinski definition) is 1. The molecular formula is C21H22N2O2S. The van der Waals surface area contributed by atoms with Gasteiger partial charge in [0.1, 0.15) is 11.4 Å². The van der Waals surface area contributed by atoms with Crippen LogP contribution in [-0.4, -0.2) is 22.3 Å². The van der Waals surface area contributed by atoms with E-state index in [1.54, 1.807) is 0 Å². The third-order valence-corrected chi connectivity index (χ3v) is 5.71. The van der Waals surface area contributed by atoms with Crippen LogP contribution in [0, 0.1) is 0 Å². The molecular weight excluding hydrogens is 344 g/mol. The molecule has 134 valence electrons. The zero-order valence-corrected chi connectivity index (χ0v) is 15.8. The highest BCUT2D eigenvalue weighted by Gasteiger charge is 2.23. The van der Waals surface area contributed by atoms with Crippen molar-refractivity contribution in [1.82, 2.24) is 9.88 Å². The lowest BCUT2D eigenvalue weighted by Crippen LogP contribution is -2.27. The number of para-hydroxylation sites is 1. The maximum Gasteiger partial charge on any atom is 0.268 e. The minimum absolute atomic E-state index is 0.0277. The van der Waals surface area contributed by atoms with Crippen molar-refractivity contribution in [3.8, 4) is 5.75 Å². The number of benzene rings is 2. The van der Waals surface area contributed by atoms with Crippen molar-refractivity contribution in [2.45, 2.75) is 37.1 Å². The van der Waals surface area contributed by atoms with Crippen molar-refractivity contribution >= 4 is 28.6 Å². The number of thioether (sulfide) groups is 1. The molecule has 1 aliphatic heterocycles. The van der Waals surface area contributed by atoms with Gasteiger partial charge in [-0.15, -0.1) is 11.8 Å². The van der Waals surface area contributed by atoms with Crippen LogP contribution in [0.2, 0.25) is 0 Å². The van der Waals surface area contributed by atoms with E-state index in [0.29, 0.717) is 18.4 Å². The Balaban J connectivity index is 1.54. The average Bonchev–Trinajstić information content (AvgIpc) is 3.01. The summed E-state index contributed by atoms with van der Waals surface area (Å²) in [5.41, 5.74) is 2.98. The van der Waals surface area contributed by atoms with E-state index in [1.807, 2.05) is 49.0 Å². The van der Waals surface area contributed by atoms with Crippen LogP contribution in [0.5, 0.6) is 5.75 Å². The molecule has 4 rings (SSSR count). The van der Waals surface area contributed by atoms with Gasteiger partial charge in [-0.3, -0.25) is 4.79 Å². The summed E-state index contributed by atoms with van der Waals surface area (Å²) in [7, 11) is 0. The Morgan fingerprint density at radius 1 is 1.27 bits per heavy atom. The lowest BCUT2D eigenvalue weighted by molar-refractivity contribution is 0.0942. The highest BCUT2D eigenvalue weighted by atomic mass is 32.2. The number of aromatic nitrogens is 1. The Morgan fingerprint density at radius 3 is 2.85 bits per heavy atom. The summed E-state index contributed by atoms with van der Waals surface area (Å²) < 4.78 is 7.62. The van der Waals surface area contributed by atoms with Gasteiger partial charge in [0.05, 0.1) is 12.1 Å². The summed E-state index contributed by atoms with van der Waals surface area (Å²) in [6.45, 7) is 6.18. The van der Waals surface area contributed by atoms with Gasteiger partial charge in [-0.05, 0) is 36.8 Å². The first-order valence-electron chi connectivity index (χ1n) is 8.94. The number of rotatable bonds is 5. The van der Waals surface area contributed by atoms with E-state index in [4.69, 9.17) is 4.74 Å². The summed E-state index contributed by atoms with van der Waals surface area (Å²) in [5.74, 6) is 0.823. The molecule has 1 N–H and O–H groups in total. The Bertz CT molecular complexity index is 947. The third kappa shape index (κ3) is 3.19. The fraction of sp³-hybridized carbons (Fsp3) is 0.286. The fourth-order valence-electron chi connectivity index (χ4n) is 3.42. The fourth-order valence-corrected chi connectivity index (χ4v) is 4.57. The minimum atomic E-state index is -0.0277. The number of nitrogens with one attached hydrogen (secondary N) is 1. The van der Waals surface area contributed by atoms with E-state index >= 15 is 0 Å². The SMILES string of the molecule is CCOc1ccc(CNC(=O)c2cc3cccc4c3n2C[C@H](C)S4)cc1. The molecule has 26 heavy (non-hydrogen) atoms. The second-order valence-electron chi connectivity index (χ2n) is 6.52. The van der Waals surface area contributed by atoms with E-state index in [1.165, 1.54) is 10.4 Å². The van der Waals surface area contributed by atoms with Crippen LogP contribution in [0.15, 0.2) is 53.4 Å². The monoisotopic (exact) mass is 366 g/mol. The number of carbonyl (C=O) groups is 1. The van der Waals surface area contributed by atoms with Gasteiger partial charge < -0.3 is 14.6 Å². The number of nitrogens with zero attached hydrogens (tertiary/aromatic N) is 1. The van der Waals surface area contributed by atoms with Crippen LogP contribution in [0.25, 0.3) is 10.9 Å². The first-order chi connectivity index (χ1) is 12.7. The summed E-state index contributed by atoms with van der Waals surface area (Å²) in [5, 5.41) is 4.64. The van der Waals surface area contributed by atoms with Crippen molar-refractivity contribution in [1.29, 1.82) is 0 Å². The predicted molar refractivity (Wildman–Crippen MR) is 106 cm³/mol. The highest BCUT2D eigenvalue weighted by Crippen LogP contribution is 2.38. The normalized spacial score (nSPS) is 15.8. The standard InChI is InChI=1S/C21H22N2O2S/c1-3-25-17-9-7-15(8-10-17)12-22-21(24)18-11-16-5-4-6-19-20(16)23(18)13-14(2)26-19/h4-11,14H,3,12-13H2,1-2H3,(H,22,24)/t14-/m0/s1. The van der Waals surface area contributed by atoms with Crippen LogP contribution in [0.4, 0.5) is 0 Å². The maximum absolute atomic E-state index is 12.8. The molecule has 0 bridgehead atoms. The van der Waals surface area contributed by atoms with E-state index in [2.05, 4.69) is 35.0 Å². The van der Waals surface area contributed by atoms with Gasteiger partial charge in [-0.2, -0.15) is 0 Å².